The normalized spacial score (nSPS) is 14.5. The molecule has 75 heavy (non-hydrogen) atoms. The van der Waals surface area contributed by atoms with Gasteiger partial charge >= 0.3 is 6.18 Å². The summed E-state index contributed by atoms with van der Waals surface area (Å²) in [6.45, 7) is 2.45. The van der Waals surface area contributed by atoms with Crippen LogP contribution in [0.2, 0.25) is 5.15 Å². The van der Waals surface area contributed by atoms with Crippen molar-refractivity contribution in [2.45, 2.75) is 61.6 Å². The molecule has 2 aliphatic heterocycles. The number of nitrogens with two attached hydrogens (primary N) is 1. The Kier molecular flexibility index (Phi) is 18.8. The van der Waals surface area contributed by atoms with E-state index in [1.54, 1.807) is 48.7 Å². The molecule has 2 fully saturated rings. The molecule has 0 bridgehead atoms. The van der Waals surface area contributed by atoms with Crippen molar-refractivity contribution in [2.75, 3.05) is 53.2 Å². The number of benzene rings is 3. The van der Waals surface area contributed by atoms with Crippen LogP contribution in [0, 0.1) is 10.1 Å². The van der Waals surface area contributed by atoms with Crippen LogP contribution in [0.3, 0.4) is 0 Å². The summed E-state index contributed by atoms with van der Waals surface area (Å²) in [5.41, 5.74) is 8.29. The van der Waals surface area contributed by atoms with Gasteiger partial charge in [0.15, 0.2) is 31.2 Å². The number of nitro groups is 1. The summed E-state index contributed by atoms with van der Waals surface area (Å²) in [5.74, 6) is -0.722. The summed E-state index contributed by atoms with van der Waals surface area (Å²) >= 11 is 5.38. The fraction of sp³-hybridized carbons (Fsp3) is 0.302. The molecule has 0 aliphatic carbocycles. The second-order valence-corrected chi connectivity index (χ2v) is 23.0. The number of hydrogen-bond donors (Lipinski definition) is 1. The highest BCUT2D eigenvalue weighted by atomic mass is 35.5. The Labute approximate surface area is 437 Å². The minimum Gasteiger partial charge on any atom is -0.431 e. The Morgan fingerprint density at radius 1 is 0.667 bits per heavy atom. The van der Waals surface area contributed by atoms with Gasteiger partial charge in [0, 0.05) is 50.4 Å². The number of alkyl halides is 3. The first-order valence-corrected chi connectivity index (χ1v) is 27.8. The number of aromatic nitrogens is 4. The molecule has 394 valence electrons. The number of piperidine rings is 2. The van der Waals surface area contributed by atoms with E-state index < -0.39 is 53.3 Å². The van der Waals surface area contributed by atoms with Gasteiger partial charge < -0.3 is 20.0 Å². The third kappa shape index (κ3) is 15.9. The van der Waals surface area contributed by atoms with Crippen molar-refractivity contribution in [1.82, 2.24) is 19.9 Å². The second kappa shape index (κ2) is 25.3. The lowest BCUT2D eigenvalue weighted by Crippen LogP contribution is -2.40. The first-order valence-electron chi connectivity index (χ1n) is 23.9. The number of hydrogen-bond acceptors (Lipinski definition) is 15. The molecular formula is C53H54ClF3N8O8S2. The van der Waals surface area contributed by atoms with Gasteiger partial charge in [0.2, 0.25) is 11.7 Å². The summed E-state index contributed by atoms with van der Waals surface area (Å²) in [7, 11) is -6.30. The Hall–Kier alpha value is -7.23. The summed E-state index contributed by atoms with van der Waals surface area (Å²) in [5, 5.41) is 9.63. The molecule has 0 saturated carbocycles. The van der Waals surface area contributed by atoms with Gasteiger partial charge in [-0.15, -0.1) is 0 Å². The van der Waals surface area contributed by atoms with Crippen LogP contribution in [0.4, 0.5) is 36.2 Å². The SMILES string of the molecule is Nc1ccc(N2CCC(S(=O)(=O)CCc3ccccc3)CC2)nc1.O=C(Cc1ccc(N2CCC(S(=O)(=O)CCc3ccccc3)CC2)nc1)c1nc(-c2ccccc2)oc1C(F)(F)F.O=[N+]([O-])c1ccc(Cl)nc1. The number of Topliss-reactive ketones (excluding diaryl/α,β-unsaturated/α-hetero) is 1. The van der Waals surface area contributed by atoms with Crippen LogP contribution in [0.5, 0.6) is 0 Å². The monoisotopic (exact) mass is 1090 g/mol. The smallest absolute Gasteiger partial charge is 0.431 e. The lowest BCUT2D eigenvalue weighted by molar-refractivity contribution is -0.385. The van der Waals surface area contributed by atoms with Crippen LogP contribution in [-0.2, 0) is 45.1 Å². The van der Waals surface area contributed by atoms with E-state index in [-0.39, 0.29) is 39.9 Å². The molecule has 7 aromatic rings. The van der Waals surface area contributed by atoms with Gasteiger partial charge in [-0.05, 0) is 91.6 Å². The standard InChI is InChI=1S/C30H28F3N3O4S.C18H23N3O2S.C5H3ClN2O2/c31-30(32,33)28-27(35-29(40-28)23-9-5-2-6-10-23)25(37)19-22-11-12-26(34-20-22)36-16-13-24(14-17-36)41(38,39)18-15-21-7-3-1-4-8-21;19-16-6-7-18(20-14-16)21-11-8-17(9-12-21)24(22,23)13-10-15-4-2-1-3-5-15;6-5-2-1-4(3-7-5)8(9)10/h1-12,20,24H,13-19H2;1-7,14,17H,8-13,19H2;1-3H. The second-order valence-electron chi connectivity index (χ2n) is 17.8. The van der Waals surface area contributed by atoms with Crippen molar-refractivity contribution in [2.24, 2.45) is 0 Å². The molecule has 4 aromatic heterocycles. The van der Waals surface area contributed by atoms with Gasteiger partial charge in [-0.1, -0.05) is 96.5 Å². The summed E-state index contributed by atoms with van der Waals surface area (Å²) in [4.78, 5) is 42.6. The lowest BCUT2D eigenvalue weighted by Gasteiger charge is -2.32. The van der Waals surface area contributed by atoms with Crippen molar-refractivity contribution >= 4 is 60.1 Å². The van der Waals surface area contributed by atoms with Crippen molar-refractivity contribution in [3.63, 3.8) is 0 Å². The predicted octanol–water partition coefficient (Wildman–Crippen LogP) is 9.74. The van der Waals surface area contributed by atoms with Crippen LogP contribution >= 0.6 is 11.6 Å². The predicted molar refractivity (Wildman–Crippen MR) is 282 cm³/mol. The number of aryl methyl sites for hydroxylation is 2. The Bertz CT molecular complexity index is 3180. The average Bonchev–Trinajstić information content (AvgIpc) is 3.90. The number of rotatable bonds is 15. The number of ketones is 1. The number of nitrogens with zero attached hydrogens (tertiary/aromatic N) is 7. The van der Waals surface area contributed by atoms with Gasteiger partial charge in [-0.2, -0.15) is 13.2 Å². The number of carbonyl (C=O) groups excluding carboxylic acids is 1. The zero-order valence-corrected chi connectivity index (χ0v) is 42.9. The number of nitrogen functional groups attached to an aromatic ring is 1. The fourth-order valence-electron chi connectivity index (χ4n) is 8.47. The molecule has 0 spiro atoms. The highest BCUT2D eigenvalue weighted by molar-refractivity contribution is 7.92. The molecule has 0 atom stereocenters. The largest absolute Gasteiger partial charge is 0.452 e. The van der Waals surface area contributed by atoms with Crippen LogP contribution in [0.15, 0.2) is 150 Å². The highest BCUT2D eigenvalue weighted by Crippen LogP contribution is 2.36. The number of halogens is 4. The van der Waals surface area contributed by atoms with Crippen molar-refractivity contribution in [1.29, 1.82) is 0 Å². The third-order valence-electron chi connectivity index (χ3n) is 12.6. The van der Waals surface area contributed by atoms with Crippen molar-refractivity contribution < 1.29 is 44.1 Å². The zero-order valence-electron chi connectivity index (χ0n) is 40.5. The molecule has 0 radical (unpaired) electrons. The van der Waals surface area contributed by atoms with Gasteiger partial charge in [0.1, 0.15) is 23.0 Å². The molecule has 2 aliphatic rings. The molecule has 22 heteroatoms. The van der Waals surface area contributed by atoms with Crippen LogP contribution in [0.1, 0.15) is 58.6 Å². The Morgan fingerprint density at radius 3 is 1.59 bits per heavy atom. The van der Waals surface area contributed by atoms with Gasteiger partial charge in [-0.25, -0.2) is 36.8 Å². The summed E-state index contributed by atoms with van der Waals surface area (Å²) < 4.78 is 96.8. The summed E-state index contributed by atoms with van der Waals surface area (Å²) in [6, 6.07) is 37.1. The fourth-order valence-corrected chi connectivity index (χ4v) is 12.2. The van der Waals surface area contributed by atoms with Gasteiger partial charge in [0.05, 0.1) is 38.8 Å². The number of carbonyl (C=O) groups is 1. The molecule has 0 unspecified atom stereocenters. The number of sulfone groups is 2. The molecule has 0 amide bonds. The molecule has 6 heterocycles. The van der Waals surface area contributed by atoms with E-state index in [2.05, 4.69) is 24.8 Å². The van der Waals surface area contributed by atoms with Gasteiger partial charge in [-0.3, -0.25) is 14.9 Å². The molecule has 2 saturated heterocycles. The molecule has 2 N–H and O–H groups in total. The number of anilines is 3. The maximum absolute atomic E-state index is 13.6. The highest BCUT2D eigenvalue weighted by Gasteiger charge is 2.42. The molecular weight excluding hydrogens is 1030 g/mol. The topological polar surface area (TPSA) is 226 Å². The van der Waals surface area contributed by atoms with E-state index in [9.17, 15) is 44.9 Å². The Balaban J connectivity index is 0.000000201. The van der Waals surface area contributed by atoms with E-state index in [4.69, 9.17) is 21.8 Å². The van der Waals surface area contributed by atoms with Crippen LogP contribution < -0.4 is 15.5 Å². The maximum Gasteiger partial charge on any atom is 0.452 e. The lowest BCUT2D eigenvalue weighted by atomic mass is 10.1. The van der Waals surface area contributed by atoms with Crippen LogP contribution in [-0.4, -0.2) is 95.7 Å². The van der Waals surface area contributed by atoms with Crippen molar-refractivity contribution in [3.05, 3.63) is 189 Å². The molecule has 3 aromatic carbocycles. The first-order chi connectivity index (χ1) is 35.8. The quantitative estimate of drug-likeness (QED) is 0.0436. The number of oxazole rings is 1. The molecule has 16 nitrogen and oxygen atoms in total. The van der Waals surface area contributed by atoms with E-state index in [0.29, 0.717) is 87.3 Å². The van der Waals surface area contributed by atoms with Crippen molar-refractivity contribution in [3.8, 4) is 11.5 Å². The average molecular weight is 1090 g/mol. The minimum atomic E-state index is -4.88. The van der Waals surface area contributed by atoms with E-state index in [1.807, 2.05) is 77.7 Å². The van der Waals surface area contributed by atoms with Crippen LogP contribution in [0.25, 0.3) is 11.5 Å². The van der Waals surface area contributed by atoms with Gasteiger partial charge in [0.25, 0.3) is 5.69 Å². The molecule has 9 rings (SSSR count). The first kappa shape index (κ1) is 55.5. The Morgan fingerprint density at radius 2 is 1.16 bits per heavy atom. The third-order valence-corrected chi connectivity index (χ3v) is 17.4. The van der Waals surface area contributed by atoms with E-state index in [1.165, 1.54) is 18.3 Å². The van der Waals surface area contributed by atoms with E-state index in [0.717, 1.165) is 23.1 Å². The minimum absolute atomic E-state index is 0.0515. The zero-order chi connectivity index (χ0) is 53.6. The summed E-state index contributed by atoms with van der Waals surface area (Å²) in [6.07, 6.45) is 2.33. The number of pyridine rings is 3. The van der Waals surface area contributed by atoms with E-state index >= 15 is 0 Å². The maximum atomic E-state index is 13.6.